The lowest BCUT2D eigenvalue weighted by molar-refractivity contribution is -0.117. The van der Waals surface area contributed by atoms with Crippen molar-refractivity contribution in [1.29, 1.82) is 0 Å². The summed E-state index contributed by atoms with van der Waals surface area (Å²) in [4.78, 5) is 30.0. The summed E-state index contributed by atoms with van der Waals surface area (Å²) < 4.78 is 0. The zero-order chi connectivity index (χ0) is 21.3. The van der Waals surface area contributed by atoms with Crippen molar-refractivity contribution in [3.8, 4) is 0 Å². The molecule has 0 saturated carbocycles. The van der Waals surface area contributed by atoms with Gasteiger partial charge in [-0.1, -0.05) is 6.07 Å². The molecule has 3 rings (SSSR count). The van der Waals surface area contributed by atoms with Gasteiger partial charge in [-0.05, 0) is 32.1 Å². The molecule has 0 aliphatic carbocycles. The SMILES string of the molecule is C/N=C(N)\C(=C1\N=CC(C(=O)NCCCN2CCN(C)CC2)=CN1)c1ccccn1. The maximum absolute atomic E-state index is 12.4. The second-order valence-electron chi connectivity index (χ2n) is 7.30. The maximum atomic E-state index is 12.4. The number of nitrogens with one attached hydrogen (secondary N) is 2. The molecule has 1 aromatic heterocycles. The number of amides is 1. The average molecular weight is 411 g/mol. The highest BCUT2D eigenvalue weighted by Gasteiger charge is 2.18. The molecular formula is C21H30N8O. The van der Waals surface area contributed by atoms with Crippen LogP contribution in [0.3, 0.4) is 0 Å². The summed E-state index contributed by atoms with van der Waals surface area (Å²) in [5, 5.41) is 6.01. The van der Waals surface area contributed by atoms with Gasteiger partial charge < -0.3 is 26.2 Å². The molecule has 4 N–H and O–H groups in total. The number of aliphatic imine (C=N–C) groups is 2. The zero-order valence-corrected chi connectivity index (χ0v) is 17.6. The van der Waals surface area contributed by atoms with Crippen LogP contribution in [0.2, 0.25) is 0 Å². The molecule has 0 unspecified atom stereocenters. The Bertz CT molecular complexity index is 851. The molecule has 0 atom stereocenters. The van der Waals surface area contributed by atoms with Gasteiger partial charge >= 0.3 is 0 Å². The third kappa shape index (κ3) is 5.74. The third-order valence-corrected chi connectivity index (χ3v) is 5.15. The van der Waals surface area contributed by atoms with E-state index in [4.69, 9.17) is 5.73 Å². The van der Waals surface area contributed by atoms with Crippen molar-refractivity contribution >= 4 is 23.5 Å². The molecule has 3 heterocycles. The first kappa shape index (κ1) is 21.7. The Labute approximate surface area is 177 Å². The predicted octanol–water partition coefficient (Wildman–Crippen LogP) is 0.0488. The van der Waals surface area contributed by atoms with E-state index in [1.807, 2.05) is 18.2 Å². The van der Waals surface area contributed by atoms with Gasteiger partial charge in [-0.25, -0.2) is 4.99 Å². The van der Waals surface area contributed by atoms with Crippen molar-refractivity contribution in [1.82, 2.24) is 25.4 Å². The van der Waals surface area contributed by atoms with E-state index in [0.717, 1.165) is 39.1 Å². The van der Waals surface area contributed by atoms with Crippen molar-refractivity contribution in [2.45, 2.75) is 6.42 Å². The summed E-state index contributed by atoms with van der Waals surface area (Å²) >= 11 is 0. The average Bonchev–Trinajstić information content (AvgIpc) is 2.79. The summed E-state index contributed by atoms with van der Waals surface area (Å²) in [5.41, 5.74) is 7.77. The van der Waals surface area contributed by atoms with Crippen LogP contribution >= 0.6 is 0 Å². The second kappa shape index (κ2) is 10.7. The molecule has 1 amide bonds. The first-order valence-corrected chi connectivity index (χ1v) is 10.2. The molecule has 1 aromatic rings. The van der Waals surface area contributed by atoms with E-state index >= 15 is 0 Å². The Balaban J connectivity index is 1.54. The number of carbonyl (C=O) groups excluding carboxylic acids is 1. The summed E-state index contributed by atoms with van der Waals surface area (Å²) in [6.07, 6.45) is 5.77. The molecule has 9 heteroatoms. The van der Waals surface area contributed by atoms with Gasteiger partial charge in [-0.15, -0.1) is 0 Å². The number of pyridine rings is 1. The van der Waals surface area contributed by atoms with E-state index < -0.39 is 0 Å². The van der Waals surface area contributed by atoms with Crippen LogP contribution in [0.5, 0.6) is 0 Å². The predicted molar refractivity (Wildman–Crippen MR) is 120 cm³/mol. The molecule has 1 fully saturated rings. The van der Waals surface area contributed by atoms with Crippen LogP contribution < -0.4 is 16.4 Å². The van der Waals surface area contributed by atoms with Crippen LogP contribution in [0.15, 0.2) is 52.0 Å². The Morgan fingerprint density at radius 1 is 1.30 bits per heavy atom. The minimum Gasteiger partial charge on any atom is -0.383 e. The summed E-state index contributed by atoms with van der Waals surface area (Å²) in [6.45, 7) is 6.01. The highest BCUT2D eigenvalue weighted by atomic mass is 16.1. The smallest absolute Gasteiger partial charge is 0.254 e. The van der Waals surface area contributed by atoms with Crippen LogP contribution in [0, 0.1) is 0 Å². The maximum Gasteiger partial charge on any atom is 0.254 e. The van der Waals surface area contributed by atoms with Gasteiger partial charge in [0.1, 0.15) is 11.7 Å². The van der Waals surface area contributed by atoms with E-state index in [1.165, 1.54) is 6.21 Å². The van der Waals surface area contributed by atoms with Gasteiger partial charge in [0.25, 0.3) is 5.91 Å². The standard InChI is InChI=1S/C21H30N8O/c1-23-19(22)18(17-6-3-4-7-24-17)20-26-14-16(15-27-20)21(30)25-8-5-9-29-12-10-28(2)11-13-29/h3-4,6-7,14-15,26H,5,8-13H2,1-2H3,(H2,22,23)(H,25,30)/b20-18+. The van der Waals surface area contributed by atoms with Crippen molar-refractivity contribution in [2.24, 2.45) is 15.7 Å². The molecule has 0 aromatic carbocycles. The molecular weight excluding hydrogens is 380 g/mol. The van der Waals surface area contributed by atoms with Crippen molar-refractivity contribution in [3.63, 3.8) is 0 Å². The van der Waals surface area contributed by atoms with Gasteiger partial charge in [-0.2, -0.15) is 0 Å². The van der Waals surface area contributed by atoms with Crippen LogP contribution in [0.25, 0.3) is 5.57 Å². The number of hydrogen-bond donors (Lipinski definition) is 3. The lowest BCUT2D eigenvalue weighted by atomic mass is 10.1. The molecule has 1 saturated heterocycles. The quantitative estimate of drug-likeness (QED) is 0.333. The van der Waals surface area contributed by atoms with Crippen molar-refractivity contribution in [3.05, 3.63) is 47.7 Å². The van der Waals surface area contributed by atoms with Gasteiger partial charge in [0.05, 0.1) is 16.8 Å². The Kier molecular flexibility index (Phi) is 7.69. The number of piperazine rings is 1. The molecule has 2 aliphatic rings. The molecule has 30 heavy (non-hydrogen) atoms. The number of likely N-dealkylation sites (N-methyl/N-ethyl adjacent to an activating group) is 1. The number of hydrogen-bond acceptors (Lipinski definition) is 7. The van der Waals surface area contributed by atoms with Crippen molar-refractivity contribution in [2.75, 3.05) is 53.4 Å². The van der Waals surface area contributed by atoms with Crippen molar-refractivity contribution < 1.29 is 4.79 Å². The third-order valence-electron chi connectivity index (χ3n) is 5.15. The fraction of sp³-hybridized carbons (Fsp3) is 0.429. The first-order chi connectivity index (χ1) is 14.6. The van der Waals surface area contributed by atoms with Gasteiger partial charge in [-0.3, -0.25) is 14.8 Å². The van der Waals surface area contributed by atoms with Crippen LogP contribution in [0.1, 0.15) is 12.1 Å². The monoisotopic (exact) mass is 410 g/mol. The number of rotatable bonds is 7. The lowest BCUT2D eigenvalue weighted by Gasteiger charge is -2.32. The first-order valence-electron chi connectivity index (χ1n) is 10.2. The Morgan fingerprint density at radius 3 is 2.73 bits per heavy atom. The molecule has 2 aliphatic heterocycles. The van der Waals surface area contributed by atoms with Crippen LogP contribution in [-0.2, 0) is 4.79 Å². The number of nitrogens with zero attached hydrogens (tertiary/aromatic N) is 5. The molecule has 0 spiro atoms. The number of amidine groups is 1. The largest absolute Gasteiger partial charge is 0.383 e. The minimum atomic E-state index is -0.153. The van der Waals surface area contributed by atoms with Gasteiger partial charge in [0.2, 0.25) is 0 Å². The lowest BCUT2D eigenvalue weighted by Crippen LogP contribution is -2.45. The van der Waals surface area contributed by atoms with E-state index in [9.17, 15) is 4.79 Å². The normalized spacial score (nSPS) is 19.8. The highest BCUT2D eigenvalue weighted by molar-refractivity contribution is 6.22. The van der Waals surface area contributed by atoms with E-state index in [0.29, 0.717) is 35.0 Å². The fourth-order valence-corrected chi connectivity index (χ4v) is 3.29. The minimum absolute atomic E-state index is 0.153. The van der Waals surface area contributed by atoms with Gasteiger partial charge in [0.15, 0.2) is 0 Å². The van der Waals surface area contributed by atoms with E-state index in [2.05, 4.69) is 42.4 Å². The Morgan fingerprint density at radius 2 is 2.10 bits per heavy atom. The summed E-state index contributed by atoms with van der Waals surface area (Å²) in [7, 11) is 3.76. The molecule has 160 valence electrons. The second-order valence-corrected chi connectivity index (χ2v) is 7.30. The van der Waals surface area contributed by atoms with Crippen LogP contribution in [-0.4, -0.2) is 86.1 Å². The fourth-order valence-electron chi connectivity index (χ4n) is 3.29. The highest BCUT2D eigenvalue weighted by Crippen LogP contribution is 2.18. The topological polar surface area (TPSA) is 111 Å². The Hall–Kier alpha value is -3.04. The van der Waals surface area contributed by atoms with E-state index in [-0.39, 0.29) is 5.91 Å². The summed E-state index contributed by atoms with van der Waals surface area (Å²) in [5.74, 6) is 0.669. The van der Waals surface area contributed by atoms with Crippen LogP contribution in [0.4, 0.5) is 0 Å². The van der Waals surface area contributed by atoms with Gasteiger partial charge in [0, 0.05) is 58.4 Å². The number of carbonyl (C=O) groups is 1. The molecule has 0 bridgehead atoms. The van der Waals surface area contributed by atoms with E-state index in [1.54, 1.807) is 19.4 Å². The number of aromatic nitrogens is 1. The molecule has 9 nitrogen and oxygen atoms in total. The summed E-state index contributed by atoms with van der Waals surface area (Å²) in [6, 6.07) is 5.54. The zero-order valence-electron chi connectivity index (χ0n) is 17.6. The number of nitrogens with two attached hydrogens (primary N) is 1. The molecule has 0 radical (unpaired) electrons.